The number of pyridine rings is 1. The zero-order chi connectivity index (χ0) is 25.5. The smallest absolute Gasteiger partial charge is 0.253 e. The van der Waals surface area contributed by atoms with Crippen molar-refractivity contribution >= 4 is 10.9 Å². The second-order valence-corrected chi connectivity index (χ2v) is 9.99. The first-order valence-electron chi connectivity index (χ1n) is 13.0. The maximum Gasteiger partial charge on any atom is 0.253 e. The minimum Gasteiger partial charge on any atom is -0.468 e. The van der Waals surface area contributed by atoms with Gasteiger partial charge in [0, 0.05) is 49.8 Å². The lowest BCUT2D eigenvalue weighted by Crippen LogP contribution is -2.48. The second-order valence-electron chi connectivity index (χ2n) is 9.99. The Hall–Kier alpha value is -3.74. The number of hydrogen-bond donors (Lipinski definition) is 1. The van der Waals surface area contributed by atoms with Gasteiger partial charge in [0.2, 0.25) is 6.79 Å². The van der Waals surface area contributed by atoms with E-state index in [0.29, 0.717) is 34.9 Å². The largest absolute Gasteiger partial charge is 0.468 e. The molecule has 0 amide bonds. The van der Waals surface area contributed by atoms with Gasteiger partial charge in [0.05, 0.1) is 31.0 Å². The highest BCUT2D eigenvalue weighted by atomic mass is 16.7. The number of aromatic nitrogens is 5. The molecule has 3 aromatic heterocycles. The van der Waals surface area contributed by atoms with Crippen LogP contribution in [-0.4, -0.2) is 80.7 Å². The molecule has 1 aromatic carbocycles. The van der Waals surface area contributed by atoms with E-state index in [0.717, 1.165) is 63.3 Å². The van der Waals surface area contributed by atoms with Crippen LogP contribution >= 0.6 is 0 Å². The number of benzene rings is 1. The Balaban J connectivity index is 1.24. The monoisotopic (exact) mass is 519 g/mol. The first kappa shape index (κ1) is 23.4. The van der Waals surface area contributed by atoms with E-state index in [1.807, 2.05) is 30.3 Å². The fraction of sp³-hybridized carbons (Fsp3) is 0.462. The van der Waals surface area contributed by atoms with Crippen molar-refractivity contribution in [3.05, 3.63) is 64.1 Å². The molecule has 3 aliphatic rings. The molecule has 198 valence electrons. The number of H-pyrrole nitrogens is 1. The number of tetrazole rings is 1. The molecule has 1 N–H and O–H groups in total. The number of fused-ring (bicyclic) bond motifs is 2. The number of ether oxygens (including phenoxy) is 3. The lowest BCUT2D eigenvalue weighted by atomic mass is 10.0. The first-order valence-corrected chi connectivity index (χ1v) is 13.0. The van der Waals surface area contributed by atoms with Gasteiger partial charge in [0.1, 0.15) is 11.8 Å². The molecule has 0 radical (unpaired) electrons. The predicted octanol–water partition coefficient (Wildman–Crippen LogP) is 1.92. The van der Waals surface area contributed by atoms with Crippen LogP contribution in [0.3, 0.4) is 0 Å². The summed E-state index contributed by atoms with van der Waals surface area (Å²) in [6.45, 7) is 5.39. The molecule has 0 saturated carbocycles. The minimum atomic E-state index is -0.421. The van der Waals surface area contributed by atoms with E-state index in [1.54, 1.807) is 10.9 Å². The van der Waals surface area contributed by atoms with Gasteiger partial charge in [-0.1, -0.05) is 0 Å². The Bertz CT molecular complexity index is 1470. The van der Waals surface area contributed by atoms with Crippen LogP contribution in [0.5, 0.6) is 11.5 Å². The SMILES string of the molecule is O=c1[nH]c2cc3c(cc2cc1[C@@H](c1nnnn1C[C@@H]1CCCO1)N1CCN(Cc2ccco2)CC1)OCO3. The quantitative estimate of drug-likeness (QED) is 0.387. The van der Waals surface area contributed by atoms with Gasteiger partial charge in [-0.3, -0.25) is 14.6 Å². The number of rotatable bonds is 7. The van der Waals surface area contributed by atoms with Crippen LogP contribution < -0.4 is 15.0 Å². The standard InChI is InChI=1S/C26H29N7O5/c34-26-20(11-17-12-22-23(38-16-37-22)13-21(17)27-26)24(25-28-29-30-33(25)15-19-4-2-10-36-19)32-7-5-31(6-8-32)14-18-3-1-9-35-18/h1,3,9,11-13,19,24H,2,4-8,10,14-16H2,(H,27,34)/t19-,24-/m0/s1. The van der Waals surface area contributed by atoms with Crippen molar-refractivity contribution in [3.8, 4) is 11.5 Å². The molecule has 0 bridgehead atoms. The molecular weight excluding hydrogens is 490 g/mol. The van der Waals surface area contributed by atoms with Crippen LogP contribution in [-0.2, 0) is 17.8 Å². The molecular formula is C26H29N7O5. The fourth-order valence-corrected chi connectivity index (χ4v) is 5.64. The third kappa shape index (κ3) is 4.44. The lowest BCUT2D eigenvalue weighted by Gasteiger charge is -2.38. The topological polar surface area (TPSA) is 124 Å². The van der Waals surface area contributed by atoms with E-state index in [-0.39, 0.29) is 18.5 Å². The second kappa shape index (κ2) is 9.86. The molecule has 2 fully saturated rings. The molecule has 12 heteroatoms. The molecule has 0 aliphatic carbocycles. The maximum absolute atomic E-state index is 13.6. The summed E-state index contributed by atoms with van der Waals surface area (Å²) < 4.78 is 24.3. The molecule has 7 rings (SSSR count). The maximum atomic E-state index is 13.6. The van der Waals surface area contributed by atoms with Crippen molar-refractivity contribution in [3.63, 3.8) is 0 Å². The van der Waals surface area contributed by atoms with Crippen molar-refractivity contribution in [1.29, 1.82) is 0 Å². The Morgan fingerprint density at radius 1 is 1.11 bits per heavy atom. The van der Waals surface area contributed by atoms with E-state index in [2.05, 4.69) is 30.3 Å². The molecule has 2 atom stereocenters. The van der Waals surface area contributed by atoms with Crippen LogP contribution in [0.2, 0.25) is 0 Å². The highest BCUT2D eigenvalue weighted by Gasteiger charge is 2.34. The normalized spacial score (nSPS) is 20.9. The van der Waals surface area contributed by atoms with Crippen LogP contribution in [0.1, 0.15) is 36.0 Å². The van der Waals surface area contributed by atoms with E-state index < -0.39 is 6.04 Å². The Labute approximate surface area is 218 Å². The van der Waals surface area contributed by atoms with Crippen molar-refractivity contribution in [1.82, 2.24) is 35.0 Å². The average molecular weight is 520 g/mol. The van der Waals surface area contributed by atoms with Crippen LogP contribution in [0.4, 0.5) is 0 Å². The molecule has 2 saturated heterocycles. The van der Waals surface area contributed by atoms with E-state index in [1.165, 1.54) is 0 Å². The molecule has 0 unspecified atom stereocenters. The Morgan fingerprint density at radius 3 is 2.76 bits per heavy atom. The van der Waals surface area contributed by atoms with Gasteiger partial charge in [-0.25, -0.2) is 4.68 Å². The van der Waals surface area contributed by atoms with Gasteiger partial charge in [0.15, 0.2) is 17.3 Å². The number of hydrogen-bond acceptors (Lipinski definition) is 10. The molecule has 12 nitrogen and oxygen atoms in total. The summed E-state index contributed by atoms with van der Waals surface area (Å²) in [6, 6.07) is 9.14. The van der Waals surface area contributed by atoms with Crippen molar-refractivity contribution < 1.29 is 18.6 Å². The Kier molecular flexibility index (Phi) is 6.06. The van der Waals surface area contributed by atoms with Gasteiger partial charge < -0.3 is 23.6 Å². The van der Waals surface area contributed by atoms with Gasteiger partial charge >= 0.3 is 0 Å². The van der Waals surface area contributed by atoms with Crippen LogP contribution in [0.15, 0.2) is 45.8 Å². The highest BCUT2D eigenvalue weighted by Crippen LogP contribution is 2.36. The van der Waals surface area contributed by atoms with Crippen molar-refractivity contribution in [2.75, 3.05) is 39.6 Å². The summed E-state index contributed by atoms with van der Waals surface area (Å²) in [4.78, 5) is 21.3. The van der Waals surface area contributed by atoms with Crippen LogP contribution in [0.25, 0.3) is 10.9 Å². The summed E-state index contributed by atoms with van der Waals surface area (Å²) in [6.07, 6.45) is 3.77. The average Bonchev–Trinajstić information content (AvgIpc) is 3.74. The van der Waals surface area contributed by atoms with Gasteiger partial charge in [-0.15, -0.1) is 5.10 Å². The van der Waals surface area contributed by atoms with E-state index in [9.17, 15) is 4.79 Å². The summed E-state index contributed by atoms with van der Waals surface area (Å²) in [5.74, 6) is 2.89. The molecule has 4 aromatic rings. The third-order valence-corrected chi connectivity index (χ3v) is 7.60. The summed E-state index contributed by atoms with van der Waals surface area (Å²) in [5, 5.41) is 13.6. The number of aromatic amines is 1. The number of furan rings is 1. The summed E-state index contributed by atoms with van der Waals surface area (Å²) in [5.41, 5.74) is 1.12. The van der Waals surface area contributed by atoms with Crippen molar-refractivity contribution in [2.24, 2.45) is 0 Å². The fourth-order valence-electron chi connectivity index (χ4n) is 5.64. The highest BCUT2D eigenvalue weighted by molar-refractivity contribution is 5.83. The zero-order valence-electron chi connectivity index (χ0n) is 20.9. The van der Waals surface area contributed by atoms with Gasteiger partial charge in [0.25, 0.3) is 5.56 Å². The zero-order valence-corrected chi connectivity index (χ0v) is 20.9. The molecule has 6 heterocycles. The van der Waals surface area contributed by atoms with E-state index >= 15 is 0 Å². The number of nitrogens with zero attached hydrogens (tertiary/aromatic N) is 6. The molecule has 0 spiro atoms. The van der Waals surface area contributed by atoms with Crippen molar-refractivity contribution in [2.45, 2.75) is 38.1 Å². The Morgan fingerprint density at radius 2 is 1.97 bits per heavy atom. The van der Waals surface area contributed by atoms with E-state index in [4.69, 9.17) is 18.6 Å². The minimum absolute atomic E-state index is 0.0673. The molecule has 38 heavy (non-hydrogen) atoms. The lowest BCUT2D eigenvalue weighted by molar-refractivity contribution is 0.0825. The van der Waals surface area contributed by atoms with Gasteiger partial charge in [-0.05, 0) is 47.5 Å². The number of nitrogens with one attached hydrogen (secondary N) is 1. The summed E-state index contributed by atoms with van der Waals surface area (Å²) >= 11 is 0. The summed E-state index contributed by atoms with van der Waals surface area (Å²) in [7, 11) is 0. The van der Waals surface area contributed by atoms with Crippen LogP contribution in [0, 0.1) is 0 Å². The predicted molar refractivity (Wildman–Crippen MR) is 135 cm³/mol. The molecule has 3 aliphatic heterocycles. The van der Waals surface area contributed by atoms with Gasteiger partial charge in [-0.2, -0.15) is 0 Å². The number of piperazine rings is 1. The first-order chi connectivity index (χ1) is 18.7. The third-order valence-electron chi connectivity index (χ3n) is 7.60.